The Morgan fingerprint density at radius 3 is 1.76 bits per heavy atom. The number of carbonyl (C=O) groups is 2. The Balaban J connectivity index is 0.000000191. The minimum atomic E-state index is -1.11. The third kappa shape index (κ3) is 6.71. The highest BCUT2D eigenvalue weighted by Gasteiger charge is 2.13. The molecule has 6 heteroatoms. The molecule has 0 aromatic heterocycles. The van der Waals surface area contributed by atoms with E-state index in [9.17, 15) is 14.7 Å². The van der Waals surface area contributed by atoms with Crippen molar-refractivity contribution in [2.24, 2.45) is 0 Å². The van der Waals surface area contributed by atoms with Crippen LogP contribution in [-0.4, -0.2) is 27.3 Å². The monoisotopic (exact) mass is 456 g/mol. The molecule has 4 aromatic carbocycles. The second-order valence-electron chi connectivity index (χ2n) is 7.36. The zero-order valence-electron chi connectivity index (χ0n) is 18.3. The highest BCUT2D eigenvalue weighted by Crippen LogP contribution is 2.25. The standard InChI is InChI=1S/2C14H12O3/c15-14(16)12-8-4-5-9-13(12)17-10-11-6-2-1-3-7-11;15-13-11(7-4-8-12(13)14(16)17)9-10-5-2-1-3-6-10/h1-9H,10H2,(H,15,16);1-8,15H,9H2,(H,16,17). The molecule has 0 aliphatic carbocycles. The van der Waals surface area contributed by atoms with Gasteiger partial charge in [-0.05, 0) is 34.9 Å². The molecule has 0 radical (unpaired) electrons. The van der Waals surface area contributed by atoms with E-state index in [-0.39, 0.29) is 16.9 Å². The van der Waals surface area contributed by atoms with Crippen LogP contribution in [0.1, 0.15) is 37.4 Å². The van der Waals surface area contributed by atoms with E-state index >= 15 is 0 Å². The molecule has 0 atom stereocenters. The van der Waals surface area contributed by atoms with Crippen molar-refractivity contribution in [3.05, 3.63) is 131 Å². The average Bonchev–Trinajstić information content (AvgIpc) is 2.86. The van der Waals surface area contributed by atoms with Crippen molar-refractivity contribution in [3.63, 3.8) is 0 Å². The van der Waals surface area contributed by atoms with Gasteiger partial charge in [-0.3, -0.25) is 0 Å². The lowest BCUT2D eigenvalue weighted by Crippen LogP contribution is -2.02. The predicted molar refractivity (Wildman–Crippen MR) is 128 cm³/mol. The molecular weight excluding hydrogens is 432 g/mol. The summed E-state index contributed by atoms with van der Waals surface area (Å²) in [5.41, 5.74) is 2.79. The lowest BCUT2D eigenvalue weighted by atomic mass is 10.0. The summed E-state index contributed by atoms with van der Waals surface area (Å²) in [5, 5.41) is 27.7. The minimum absolute atomic E-state index is 0.0570. The van der Waals surface area contributed by atoms with E-state index in [1.807, 2.05) is 60.7 Å². The summed E-state index contributed by atoms with van der Waals surface area (Å²) < 4.78 is 5.50. The maximum atomic E-state index is 11.0. The quantitative estimate of drug-likeness (QED) is 0.332. The Morgan fingerprint density at radius 2 is 1.15 bits per heavy atom. The number of para-hydroxylation sites is 2. The van der Waals surface area contributed by atoms with Gasteiger partial charge in [-0.15, -0.1) is 0 Å². The van der Waals surface area contributed by atoms with Crippen LogP contribution in [-0.2, 0) is 13.0 Å². The van der Waals surface area contributed by atoms with E-state index in [0.717, 1.165) is 11.1 Å². The number of hydrogen-bond acceptors (Lipinski definition) is 4. The zero-order valence-corrected chi connectivity index (χ0v) is 18.3. The molecule has 0 unspecified atom stereocenters. The number of rotatable bonds is 7. The molecule has 0 amide bonds. The van der Waals surface area contributed by atoms with Crippen LogP contribution < -0.4 is 4.74 Å². The first-order valence-corrected chi connectivity index (χ1v) is 10.5. The molecule has 0 fully saturated rings. The first-order chi connectivity index (χ1) is 16.5. The van der Waals surface area contributed by atoms with Crippen molar-refractivity contribution in [1.82, 2.24) is 0 Å². The fraction of sp³-hybridized carbons (Fsp3) is 0.0714. The first-order valence-electron chi connectivity index (χ1n) is 10.5. The molecule has 4 rings (SSSR count). The highest BCUT2D eigenvalue weighted by molar-refractivity contribution is 5.91. The van der Waals surface area contributed by atoms with Crippen LogP contribution in [0.15, 0.2) is 103 Å². The number of phenols is 1. The van der Waals surface area contributed by atoms with Gasteiger partial charge in [-0.25, -0.2) is 9.59 Å². The van der Waals surface area contributed by atoms with Gasteiger partial charge in [-0.2, -0.15) is 0 Å². The number of aromatic hydroxyl groups is 1. The number of benzene rings is 4. The van der Waals surface area contributed by atoms with Gasteiger partial charge in [0.1, 0.15) is 29.2 Å². The Hall–Kier alpha value is -4.58. The molecule has 34 heavy (non-hydrogen) atoms. The largest absolute Gasteiger partial charge is 0.507 e. The van der Waals surface area contributed by atoms with E-state index < -0.39 is 11.9 Å². The molecular formula is C28H24O6. The first kappa shape index (κ1) is 24.1. The lowest BCUT2D eigenvalue weighted by Gasteiger charge is -2.08. The smallest absolute Gasteiger partial charge is 0.339 e. The van der Waals surface area contributed by atoms with E-state index in [1.54, 1.807) is 30.3 Å². The molecule has 0 aliphatic rings. The van der Waals surface area contributed by atoms with Gasteiger partial charge in [0, 0.05) is 6.42 Å². The molecule has 172 valence electrons. The van der Waals surface area contributed by atoms with Crippen LogP contribution in [0.5, 0.6) is 11.5 Å². The van der Waals surface area contributed by atoms with Crippen LogP contribution in [0, 0.1) is 0 Å². The summed E-state index contributed by atoms with van der Waals surface area (Å²) in [6, 6.07) is 30.6. The molecule has 0 bridgehead atoms. The fourth-order valence-electron chi connectivity index (χ4n) is 3.23. The third-order valence-corrected chi connectivity index (χ3v) is 4.94. The van der Waals surface area contributed by atoms with E-state index in [4.69, 9.17) is 14.9 Å². The Bertz CT molecular complexity index is 1240. The lowest BCUT2D eigenvalue weighted by molar-refractivity contribution is 0.0681. The van der Waals surface area contributed by atoms with Crippen LogP contribution in [0.3, 0.4) is 0 Å². The van der Waals surface area contributed by atoms with Crippen molar-refractivity contribution < 1.29 is 29.6 Å². The van der Waals surface area contributed by atoms with Gasteiger partial charge in [0.05, 0.1) is 0 Å². The van der Waals surface area contributed by atoms with Gasteiger partial charge in [0.2, 0.25) is 0 Å². The summed E-state index contributed by atoms with van der Waals surface area (Å²) in [5.74, 6) is -1.85. The van der Waals surface area contributed by atoms with E-state index in [2.05, 4.69) is 0 Å². The number of ether oxygens (including phenoxy) is 1. The molecule has 0 aliphatic heterocycles. The maximum Gasteiger partial charge on any atom is 0.339 e. The molecule has 0 heterocycles. The summed E-state index contributed by atoms with van der Waals surface area (Å²) in [6.07, 6.45) is 0.522. The van der Waals surface area contributed by atoms with Gasteiger partial charge in [0.15, 0.2) is 0 Å². The van der Waals surface area contributed by atoms with Crippen LogP contribution in [0.4, 0.5) is 0 Å². The number of aromatic carboxylic acids is 2. The topological polar surface area (TPSA) is 104 Å². The zero-order chi connectivity index (χ0) is 24.3. The van der Waals surface area contributed by atoms with Crippen molar-refractivity contribution in [2.75, 3.05) is 0 Å². The van der Waals surface area contributed by atoms with Crippen molar-refractivity contribution in [3.8, 4) is 11.5 Å². The molecule has 4 aromatic rings. The molecule has 6 nitrogen and oxygen atoms in total. The second-order valence-corrected chi connectivity index (χ2v) is 7.36. The molecule has 0 spiro atoms. The summed E-state index contributed by atoms with van der Waals surface area (Å²) >= 11 is 0. The second kappa shape index (κ2) is 11.9. The number of carboxylic acid groups (broad SMARTS) is 2. The average molecular weight is 456 g/mol. The summed E-state index contributed by atoms with van der Waals surface area (Å²) in [6.45, 7) is 0.366. The van der Waals surface area contributed by atoms with Crippen LogP contribution in [0.2, 0.25) is 0 Å². The van der Waals surface area contributed by atoms with Crippen LogP contribution >= 0.6 is 0 Å². The Kier molecular flexibility index (Phi) is 8.41. The Morgan fingerprint density at radius 1 is 0.618 bits per heavy atom. The summed E-state index contributed by atoms with van der Waals surface area (Å²) in [4.78, 5) is 21.8. The molecule has 0 saturated carbocycles. The SMILES string of the molecule is O=C(O)c1cccc(Cc2ccccc2)c1O.O=C(O)c1ccccc1OCc1ccccc1. The Labute approximate surface area is 197 Å². The molecule has 0 saturated heterocycles. The normalized spacial score (nSPS) is 10.0. The molecule has 3 N–H and O–H groups in total. The predicted octanol–water partition coefficient (Wildman–Crippen LogP) is 5.65. The van der Waals surface area contributed by atoms with Crippen molar-refractivity contribution in [2.45, 2.75) is 13.0 Å². The van der Waals surface area contributed by atoms with Gasteiger partial charge in [-0.1, -0.05) is 84.9 Å². The summed E-state index contributed by atoms with van der Waals surface area (Å²) in [7, 11) is 0. The fourth-order valence-corrected chi connectivity index (χ4v) is 3.23. The van der Waals surface area contributed by atoms with Crippen molar-refractivity contribution in [1.29, 1.82) is 0 Å². The van der Waals surface area contributed by atoms with E-state index in [1.165, 1.54) is 12.1 Å². The van der Waals surface area contributed by atoms with E-state index in [0.29, 0.717) is 24.3 Å². The highest BCUT2D eigenvalue weighted by atomic mass is 16.5. The number of carboxylic acids is 2. The van der Waals surface area contributed by atoms with Gasteiger partial charge < -0.3 is 20.1 Å². The maximum absolute atomic E-state index is 11.0. The van der Waals surface area contributed by atoms with Crippen LogP contribution in [0.25, 0.3) is 0 Å². The van der Waals surface area contributed by atoms with Gasteiger partial charge in [0.25, 0.3) is 0 Å². The third-order valence-electron chi connectivity index (χ3n) is 4.94. The number of hydrogen-bond donors (Lipinski definition) is 3. The van der Waals surface area contributed by atoms with Gasteiger partial charge >= 0.3 is 11.9 Å². The van der Waals surface area contributed by atoms with Crippen molar-refractivity contribution >= 4 is 11.9 Å². The minimum Gasteiger partial charge on any atom is -0.507 e.